The number of anilines is 1. The lowest BCUT2D eigenvalue weighted by Crippen LogP contribution is -2.14. The van der Waals surface area contributed by atoms with E-state index in [0.717, 1.165) is 34.8 Å². The minimum Gasteiger partial charge on any atom is -0.373 e. The molecule has 0 bridgehead atoms. The molecule has 0 aliphatic rings. The molecule has 0 amide bonds. The van der Waals surface area contributed by atoms with E-state index in [1.165, 1.54) is 0 Å². The predicted octanol–water partition coefficient (Wildman–Crippen LogP) is 3.86. The first-order chi connectivity index (χ1) is 9.17. The van der Waals surface area contributed by atoms with Gasteiger partial charge in [-0.15, -0.1) is 11.3 Å². The molecular formula is C14H21N3OS. The summed E-state index contributed by atoms with van der Waals surface area (Å²) in [6.07, 6.45) is 1.01. The summed E-state index contributed by atoms with van der Waals surface area (Å²) in [4.78, 5) is 10.3. The lowest BCUT2D eigenvalue weighted by molar-refractivity contribution is 0.0579. The van der Waals surface area contributed by atoms with Gasteiger partial charge in [-0.1, -0.05) is 20.8 Å². The molecule has 5 heteroatoms. The van der Waals surface area contributed by atoms with Crippen molar-refractivity contribution in [3.63, 3.8) is 0 Å². The summed E-state index contributed by atoms with van der Waals surface area (Å²) < 4.78 is 5.53. The number of nitrogens with zero attached hydrogens (tertiary/aromatic N) is 2. The van der Waals surface area contributed by atoms with Crippen molar-refractivity contribution in [2.24, 2.45) is 5.92 Å². The largest absolute Gasteiger partial charge is 0.373 e. The maximum absolute atomic E-state index is 5.53. The summed E-state index contributed by atoms with van der Waals surface area (Å²) in [5, 5.41) is 6.53. The molecule has 1 unspecified atom stereocenters. The van der Waals surface area contributed by atoms with Gasteiger partial charge in [-0.05, 0) is 23.8 Å². The summed E-state index contributed by atoms with van der Waals surface area (Å²) in [6.45, 7) is 7.30. The molecule has 2 aromatic heterocycles. The third-order valence-electron chi connectivity index (χ3n) is 3.00. The van der Waals surface area contributed by atoms with Crippen LogP contribution in [0.2, 0.25) is 0 Å². The van der Waals surface area contributed by atoms with Gasteiger partial charge in [0.1, 0.15) is 16.8 Å². The molecule has 2 aromatic rings. The molecule has 0 fully saturated rings. The van der Waals surface area contributed by atoms with Crippen LogP contribution in [0.1, 0.15) is 39.1 Å². The van der Waals surface area contributed by atoms with Crippen LogP contribution < -0.4 is 5.32 Å². The summed E-state index contributed by atoms with van der Waals surface area (Å²) in [5.74, 6) is 2.04. The van der Waals surface area contributed by atoms with Crippen molar-refractivity contribution in [3.05, 3.63) is 17.3 Å². The molecular weight excluding hydrogens is 258 g/mol. The van der Waals surface area contributed by atoms with Gasteiger partial charge in [0.25, 0.3) is 0 Å². The summed E-state index contributed by atoms with van der Waals surface area (Å²) in [5.41, 5.74) is 0. The molecule has 0 aliphatic carbocycles. The van der Waals surface area contributed by atoms with Crippen molar-refractivity contribution >= 4 is 27.4 Å². The van der Waals surface area contributed by atoms with Crippen LogP contribution in [0.25, 0.3) is 10.2 Å². The summed E-state index contributed by atoms with van der Waals surface area (Å²) >= 11 is 1.64. The molecule has 2 heterocycles. The molecule has 0 aliphatic heterocycles. The third kappa shape index (κ3) is 3.04. The topological polar surface area (TPSA) is 47.0 Å². The lowest BCUT2D eigenvalue weighted by Gasteiger charge is -2.18. The Balaban J connectivity index is 2.44. The van der Waals surface area contributed by atoms with Crippen molar-refractivity contribution in [3.8, 4) is 0 Å². The molecule has 1 atom stereocenters. The van der Waals surface area contributed by atoms with E-state index in [1.807, 2.05) is 0 Å². The van der Waals surface area contributed by atoms with Crippen LogP contribution in [0.15, 0.2) is 11.4 Å². The predicted molar refractivity (Wildman–Crippen MR) is 80.8 cm³/mol. The lowest BCUT2D eigenvalue weighted by atomic mass is 10.1. The van der Waals surface area contributed by atoms with E-state index < -0.39 is 0 Å². The number of aromatic nitrogens is 2. The number of nitrogens with one attached hydrogen (secondary N) is 1. The van der Waals surface area contributed by atoms with Crippen LogP contribution in [-0.2, 0) is 4.74 Å². The van der Waals surface area contributed by atoms with E-state index in [0.29, 0.717) is 5.92 Å². The first kappa shape index (κ1) is 14.2. The van der Waals surface area contributed by atoms with Crippen LogP contribution in [-0.4, -0.2) is 23.6 Å². The second kappa shape index (κ2) is 6.30. The van der Waals surface area contributed by atoms with E-state index in [2.05, 4.69) is 47.5 Å². The number of rotatable bonds is 6. The zero-order valence-electron chi connectivity index (χ0n) is 11.9. The molecule has 2 rings (SSSR count). The zero-order valence-corrected chi connectivity index (χ0v) is 12.8. The molecule has 0 saturated heterocycles. The van der Waals surface area contributed by atoms with E-state index >= 15 is 0 Å². The fourth-order valence-corrected chi connectivity index (χ4v) is 2.82. The molecule has 4 nitrogen and oxygen atoms in total. The van der Waals surface area contributed by atoms with Gasteiger partial charge < -0.3 is 10.1 Å². The number of fused-ring (bicyclic) bond motifs is 1. The molecule has 19 heavy (non-hydrogen) atoms. The monoisotopic (exact) mass is 279 g/mol. The van der Waals surface area contributed by atoms with E-state index in [9.17, 15) is 0 Å². The number of ether oxygens (including phenoxy) is 1. The first-order valence-corrected chi connectivity index (χ1v) is 7.57. The average Bonchev–Trinajstić information content (AvgIpc) is 2.84. The minimum atomic E-state index is -0.0614. The molecule has 0 saturated carbocycles. The van der Waals surface area contributed by atoms with Crippen LogP contribution in [0.3, 0.4) is 0 Å². The van der Waals surface area contributed by atoms with Gasteiger partial charge in [-0.2, -0.15) is 0 Å². The Morgan fingerprint density at radius 2 is 2.16 bits per heavy atom. The van der Waals surface area contributed by atoms with Crippen molar-refractivity contribution in [1.29, 1.82) is 0 Å². The first-order valence-electron chi connectivity index (χ1n) is 6.69. The van der Waals surface area contributed by atoms with Crippen LogP contribution >= 0.6 is 11.3 Å². The Bertz CT molecular complexity index is 538. The fraction of sp³-hybridized carbons (Fsp3) is 0.571. The van der Waals surface area contributed by atoms with Gasteiger partial charge in [-0.3, -0.25) is 0 Å². The second-order valence-corrected chi connectivity index (χ2v) is 5.79. The van der Waals surface area contributed by atoms with Crippen LogP contribution in [0, 0.1) is 5.92 Å². The number of methoxy groups -OCH3 is 1. The van der Waals surface area contributed by atoms with Gasteiger partial charge in [0.05, 0.1) is 5.39 Å². The molecule has 0 aromatic carbocycles. The van der Waals surface area contributed by atoms with Gasteiger partial charge in [-0.25, -0.2) is 9.97 Å². The Hall–Kier alpha value is -1.20. The average molecular weight is 279 g/mol. The van der Waals surface area contributed by atoms with Crippen molar-refractivity contribution < 1.29 is 4.74 Å². The smallest absolute Gasteiger partial charge is 0.161 e. The van der Waals surface area contributed by atoms with Gasteiger partial charge in [0, 0.05) is 13.7 Å². The molecule has 104 valence electrons. The van der Waals surface area contributed by atoms with Crippen LogP contribution in [0.5, 0.6) is 0 Å². The molecule has 0 radical (unpaired) electrons. The fourth-order valence-electron chi connectivity index (χ4n) is 2.05. The maximum atomic E-state index is 5.53. The minimum absolute atomic E-state index is 0.0614. The van der Waals surface area contributed by atoms with E-state index in [-0.39, 0.29) is 6.10 Å². The Kier molecular flexibility index (Phi) is 4.71. The molecule has 1 N–H and O–H groups in total. The highest BCUT2D eigenvalue weighted by Crippen LogP contribution is 2.29. The Labute approximate surface area is 118 Å². The Morgan fingerprint density at radius 1 is 1.37 bits per heavy atom. The van der Waals surface area contributed by atoms with E-state index in [1.54, 1.807) is 18.4 Å². The van der Waals surface area contributed by atoms with Gasteiger partial charge >= 0.3 is 0 Å². The number of thiophene rings is 1. The third-order valence-corrected chi connectivity index (χ3v) is 3.81. The standard InChI is InChI=1S/C14H21N3OS/c1-5-7-15-12-10-6-8-19-14(10)17-13(16-12)11(18-4)9(2)3/h6,8-9,11H,5,7H2,1-4H3,(H,15,16,17). The van der Waals surface area contributed by atoms with E-state index in [4.69, 9.17) is 4.74 Å². The zero-order chi connectivity index (χ0) is 13.8. The van der Waals surface area contributed by atoms with Gasteiger partial charge in [0.15, 0.2) is 5.82 Å². The highest BCUT2D eigenvalue weighted by Gasteiger charge is 2.20. The Morgan fingerprint density at radius 3 is 2.79 bits per heavy atom. The van der Waals surface area contributed by atoms with Crippen molar-refractivity contribution in [1.82, 2.24) is 9.97 Å². The maximum Gasteiger partial charge on any atom is 0.161 e. The SMILES string of the molecule is CCCNc1nc(C(OC)C(C)C)nc2sccc12. The highest BCUT2D eigenvalue weighted by atomic mass is 32.1. The summed E-state index contributed by atoms with van der Waals surface area (Å²) in [6, 6.07) is 2.07. The van der Waals surface area contributed by atoms with Crippen molar-refractivity contribution in [2.75, 3.05) is 19.0 Å². The quantitative estimate of drug-likeness (QED) is 0.872. The highest BCUT2D eigenvalue weighted by molar-refractivity contribution is 7.16. The normalized spacial score (nSPS) is 13.1. The second-order valence-electron chi connectivity index (χ2n) is 4.90. The van der Waals surface area contributed by atoms with Gasteiger partial charge in [0.2, 0.25) is 0 Å². The van der Waals surface area contributed by atoms with Crippen molar-refractivity contribution in [2.45, 2.75) is 33.3 Å². The van der Waals surface area contributed by atoms with Crippen LogP contribution in [0.4, 0.5) is 5.82 Å². The number of hydrogen-bond acceptors (Lipinski definition) is 5. The number of hydrogen-bond donors (Lipinski definition) is 1. The molecule has 0 spiro atoms. The summed E-state index contributed by atoms with van der Waals surface area (Å²) in [7, 11) is 1.71.